The third kappa shape index (κ3) is 3.59. The third-order valence-corrected chi connectivity index (χ3v) is 5.00. The summed E-state index contributed by atoms with van der Waals surface area (Å²) >= 11 is 0. The predicted octanol–water partition coefficient (Wildman–Crippen LogP) is 2.03. The number of aliphatic hydroxyl groups excluding tert-OH is 1. The number of aromatic nitrogens is 2. The van der Waals surface area contributed by atoms with Crippen molar-refractivity contribution in [1.82, 2.24) is 9.55 Å². The second-order valence-electron chi connectivity index (χ2n) is 6.75. The zero-order chi connectivity index (χ0) is 19.6. The molecule has 0 fully saturated rings. The summed E-state index contributed by atoms with van der Waals surface area (Å²) in [4.78, 5) is 17.3. The Kier molecular flexibility index (Phi) is 5.58. The number of hydrogen-bond donors (Lipinski definition) is 2. The number of ether oxygens (including phenoxy) is 1. The fraction of sp³-hybridized carbons (Fsp3) is 0.333. The smallest absolute Gasteiger partial charge is 0.261 e. The van der Waals surface area contributed by atoms with E-state index in [4.69, 9.17) is 10.5 Å². The van der Waals surface area contributed by atoms with Crippen LogP contribution in [0, 0.1) is 12.8 Å². The van der Waals surface area contributed by atoms with Crippen LogP contribution in [0.5, 0.6) is 5.75 Å². The van der Waals surface area contributed by atoms with Gasteiger partial charge in [0.2, 0.25) is 0 Å². The van der Waals surface area contributed by atoms with Gasteiger partial charge in [0.1, 0.15) is 11.6 Å². The molecule has 0 aliphatic heterocycles. The topological polar surface area (TPSA) is 90.4 Å². The molecule has 3 aromatic rings. The van der Waals surface area contributed by atoms with Crippen LogP contribution in [0.25, 0.3) is 22.0 Å². The van der Waals surface area contributed by atoms with E-state index in [1.807, 2.05) is 37.3 Å². The summed E-state index contributed by atoms with van der Waals surface area (Å²) in [5.74, 6) is 1.37. The molecule has 1 atom stereocenters. The van der Waals surface area contributed by atoms with E-state index in [2.05, 4.69) is 4.98 Å². The molecule has 6 heteroatoms. The number of aliphatic hydroxyl groups is 1. The molecule has 0 saturated carbocycles. The Morgan fingerprint density at radius 1 is 1.26 bits per heavy atom. The summed E-state index contributed by atoms with van der Waals surface area (Å²) in [6, 6.07) is 11.5. The lowest BCUT2D eigenvalue weighted by Crippen LogP contribution is -2.21. The van der Waals surface area contributed by atoms with Crippen LogP contribution in [-0.4, -0.2) is 34.9 Å². The molecule has 3 rings (SSSR count). The first-order valence-corrected chi connectivity index (χ1v) is 8.94. The van der Waals surface area contributed by atoms with Crippen molar-refractivity contribution in [3.63, 3.8) is 0 Å². The molecule has 0 amide bonds. The van der Waals surface area contributed by atoms with Crippen LogP contribution >= 0.6 is 0 Å². The maximum Gasteiger partial charge on any atom is 0.261 e. The maximum absolute atomic E-state index is 12.6. The lowest BCUT2D eigenvalue weighted by Gasteiger charge is -2.16. The largest absolute Gasteiger partial charge is 0.496 e. The number of benzene rings is 2. The van der Waals surface area contributed by atoms with Crippen molar-refractivity contribution < 1.29 is 9.84 Å². The van der Waals surface area contributed by atoms with Gasteiger partial charge < -0.3 is 15.6 Å². The number of nitrogens with two attached hydrogens (primary N) is 1. The van der Waals surface area contributed by atoms with Crippen LogP contribution in [0.1, 0.15) is 11.4 Å². The van der Waals surface area contributed by atoms with Gasteiger partial charge in [-0.3, -0.25) is 9.36 Å². The zero-order valence-corrected chi connectivity index (χ0v) is 15.9. The minimum atomic E-state index is -0.0713. The lowest BCUT2D eigenvalue weighted by molar-refractivity contribution is 0.230. The molecule has 0 spiro atoms. The molecule has 1 unspecified atom stereocenters. The third-order valence-electron chi connectivity index (χ3n) is 5.00. The quantitative estimate of drug-likeness (QED) is 0.696. The van der Waals surface area contributed by atoms with E-state index in [9.17, 15) is 9.90 Å². The fourth-order valence-electron chi connectivity index (χ4n) is 3.27. The number of nitrogens with zero attached hydrogens (tertiary/aromatic N) is 2. The highest BCUT2D eigenvalue weighted by atomic mass is 16.5. The van der Waals surface area contributed by atoms with Gasteiger partial charge in [-0.2, -0.15) is 0 Å². The van der Waals surface area contributed by atoms with E-state index < -0.39 is 0 Å². The molecule has 3 N–H and O–H groups in total. The Morgan fingerprint density at radius 2 is 2.04 bits per heavy atom. The molecule has 1 aromatic heterocycles. The first-order chi connectivity index (χ1) is 13.0. The molecule has 0 saturated heterocycles. The van der Waals surface area contributed by atoms with Gasteiger partial charge >= 0.3 is 0 Å². The van der Waals surface area contributed by atoms with Crippen LogP contribution in [0.2, 0.25) is 0 Å². The Morgan fingerprint density at radius 3 is 2.70 bits per heavy atom. The fourth-order valence-corrected chi connectivity index (χ4v) is 3.27. The number of hydrogen-bond acceptors (Lipinski definition) is 5. The van der Waals surface area contributed by atoms with Crippen molar-refractivity contribution in [1.29, 1.82) is 0 Å². The zero-order valence-electron chi connectivity index (χ0n) is 15.9. The summed E-state index contributed by atoms with van der Waals surface area (Å²) in [6.45, 7) is 2.28. The van der Waals surface area contributed by atoms with Crippen LogP contribution in [0.4, 0.5) is 0 Å². The van der Waals surface area contributed by atoms with Gasteiger partial charge in [-0.15, -0.1) is 0 Å². The number of aryl methyl sites for hydroxylation is 1. The maximum atomic E-state index is 12.6. The van der Waals surface area contributed by atoms with E-state index in [1.54, 1.807) is 24.8 Å². The second-order valence-corrected chi connectivity index (χ2v) is 6.75. The highest BCUT2D eigenvalue weighted by Gasteiger charge is 2.15. The van der Waals surface area contributed by atoms with Gasteiger partial charge in [0.05, 0.1) is 18.0 Å². The van der Waals surface area contributed by atoms with Crippen molar-refractivity contribution in [2.75, 3.05) is 20.3 Å². The Labute approximate surface area is 158 Å². The first kappa shape index (κ1) is 19.1. The number of fused-ring (bicyclic) bond motifs is 1. The molecule has 0 bridgehead atoms. The van der Waals surface area contributed by atoms with E-state index in [1.165, 1.54) is 0 Å². The SMILES string of the molecule is COc1ccc(CC(CN)CO)cc1-c1cccc2c(=O)n(C)c(C)nc12. The van der Waals surface area contributed by atoms with Crippen molar-refractivity contribution in [2.45, 2.75) is 13.3 Å². The van der Waals surface area contributed by atoms with Crippen LogP contribution in [0.3, 0.4) is 0 Å². The Balaban J connectivity index is 2.22. The molecule has 27 heavy (non-hydrogen) atoms. The molecule has 142 valence electrons. The summed E-state index contributed by atoms with van der Waals surface area (Å²) in [6.07, 6.45) is 0.670. The number of methoxy groups -OCH3 is 1. The minimum absolute atomic E-state index is 0.00595. The van der Waals surface area contributed by atoms with Crippen molar-refractivity contribution in [3.05, 3.63) is 58.1 Å². The van der Waals surface area contributed by atoms with E-state index in [0.717, 1.165) is 16.7 Å². The highest BCUT2D eigenvalue weighted by Crippen LogP contribution is 2.35. The molecule has 6 nitrogen and oxygen atoms in total. The van der Waals surface area contributed by atoms with Gasteiger partial charge in [0, 0.05) is 24.8 Å². The number of rotatable bonds is 6. The van der Waals surface area contributed by atoms with Gasteiger partial charge in [0.15, 0.2) is 0 Å². The summed E-state index contributed by atoms with van der Waals surface area (Å²) in [5, 5.41) is 10.0. The normalized spacial score (nSPS) is 12.3. The highest BCUT2D eigenvalue weighted by molar-refractivity contribution is 5.94. The van der Waals surface area contributed by atoms with Crippen molar-refractivity contribution in [2.24, 2.45) is 18.7 Å². The summed E-state index contributed by atoms with van der Waals surface area (Å²) in [5.41, 5.74) is 9.08. The predicted molar refractivity (Wildman–Crippen MR) is 107 cm³/mol. The summed E-state index contributed by atoms with van der Waals surface area (Å²) < 4.78 is 7.11. The molecule has 1 heterocycles. The molecular formula is C21H25N3O3. The van der Waals surface area contributed by atoms with Gasteiger partial charge in [0.25, 0.3) is 5.56 Å². The van der Waals surface area contributed by atoms with Gasteiger partial charge in [-0.25, -0.2) is 4.98 Å². The van der Waals surface area contributed by atoms with E-state index in [-0.39, 0.29) is 18.1 Å². The molecule has 0 aliphatic carbocycles. The monoisotopic (exact) mass is 367 g/mol. The molecule has 2 aromatic carbocycles. The average molecular weight is 367 g/mol. The van der Waals surface area contributed by atoms with Crippen molar-refractivity contribution in [3.8, 4) is 16.9 Å². The van der Waals surface area contributed by atoms with E-state index in [0.29, 0.717) is 35.4 Å². The lowest BCUT2D eigenvalue weighted by atomic mass is 9.95. The van der Waals surface area contributed by atoms with Gasteiger partial charge in [-0.05, 0) is 49.6 Å². The van der Waals surface area contributed by atoms with Gasteiger partial charge in [-0.1, -0.05) is 18.2 Å². The van der Waals surface area contributed by atoms with Crippen molar-refractivity contribution >= 4 is 10.9 Å². The van der Waals surface area contributed by atoms with Crippen LogP contribution < -0.4 is 16.0 Å². The molecule has 0 aliphatic rings. The van der Waals surface area contributed by atoms with Crippen LogP contribution in [0.15, 0.2) is 41.2 Å². The average Bonchev–Trinajstić information content (AvgIpc) is 2.70. The van der Waals surface area contributed by atoms with E-state index >= 15 is 0 Å². The second kappa shape index (κ2) is 7.90. The molecular weight excluding hydrogens is 342 g/mol. The Hall–Kier alpha value is -2.70. The standard InChI is InChI=1S/C21H25N3O3/c1-13-23-20-16(5-4-6-17(20)21(26)24(13)2)18-10-14(7-8-19(18)27-3)9-15(11-22)12-25/h4-8,10,15,25H,9,11-12,22H2,1-3H3. The van der Waals surface area contributed by atoms with Crippen LogP contribution in [-0.2, 0) is 13.5 Å². The minimum Gasteiger partial charge on any atom is -0.496 e. The first-order valence-electron chi connectivity index (χ1n) is 8.94. The summed E-state index contributed by atoms with van der Waals surface area (Å²) in [7, 11) is 3.34. The Bertz CT molecular complexity index is 1020. The number of para-hydroxylation sites is 1. The molecule has 0 radical (unpaired) electrons.